The molecule has 0 saturated heterocycles. The van der Waals surface area contributed by atoms with Crippen LogP contribution in [0, 0.1) is 0 Å². The average molecular weight is 363 g/mol. The summed E-state index contributed by atoms with van der Waals surface area (Å²) in [5.41, 5.74) is 0. The summed E-state index contributed by atoms with van der Waals surface area (Å²) in [6.07, 6.45) is 3.89. The molecule has 0 aliphatic rings. The van der Waals surface area contributed by atoms with Crippen LogP contribution in [-0.2, 0) is 0 Å². The van der Waals surface area contributed by atoms with Crippen molar-refractivity contribution in [2.75, 3.05) is 31.2 Å². The Morgan fingerprint density at radius 1 is 1.00 bits per heavy atom. The number of rotatable bonds is 10. The summed E-state index contributed by atoms with van der Waals surface area (Å²) in [6, 6.07) is 7.68. The Morgan fingerprint density at radius 3 is 2.39 bits per heavy atom. The number of halogens is 1. The van der Waals surface area contributed by atoms with Gasteiger partial charge in [0.15, 0.2) is 0 Å². The quantitative estimate of drug-likeness (QED) is 0.393. The van der Waals surface area contributed by atoms with Crippen LogP contribution in [0.5, 0.6) is 11.5 Å². The van der Waals surface area contributed by atoms with E-state index in [0.29, 0.717) is 6.61 Å². The van der Waals surface area contributed by atoms with Gasteiger partial charge in [-0.1, -0.05) is 29.0 Å². The Kier molecular flexibility index (Phi) is 9.02. The lowest BCUT2D eigenvalue weighted by Gasteiger charge is -2.08. The molecule has 0 saturated carbocycles. The van der Waals surface area contributed by atoms with Crippen LogP contribution in [0.25, 0.3) is 0 Å². The number of ether oxygens (including phenoxy) is 2. The molecule has 1 N–H and O–H groups in total. The molecule has 18 heavy (non-hydrogen) atoms. The molecule has 0 heterocycles. The van der Waals surface area contributed by atoms with Gasteiger partial charge in [0.25, 0.3) is 0 Å². The Labute approximate surface area is 123 Å². The van der Waals surface area contributed by atoms with E-state index in [0.717, 1.165) is 24.6 Å². The summed E-state index contributed by atoms with van der Waals surface area (Å²) in [5.74, 6) is 1.75. The molecule has 0 radical (unpaired) electrons. The highest BCUT2D eigenvalue weighted by molar-refractivity contribution is 14.1. The molecule has 0 aliphatic carbocycles. The van der Waals surface area contributed by atoms with Gasteiger partial charge < -0.3 is 14.8 Å². The molecule has 0 bridgehead atoms. The lowest BCUT2D eigenvalue weighted by molar-refractivity contribution is 0.313. The van der Waals surface area contributed by atoms with Crippen molar-refractivity contribution >= 4 is 22.6 Å². The number of nitrogens with one attached hydrogen (secondary N) is 1. The SMILES string of the molecule is COc1ccc(OCCNCCCCCI)cc1. The van der Waals surface area contributed by atoms with E-state index in [1.54, 1.807) is 7.11 Å². The summed E-state index contributed by atoms with van der Waals surface area (Å²) >= 11 is 2.42. The Hall–Kier alpha value is -0.490. The molecule has 0 amide bonds. The molecule has 1 rings (SSSR count). The van der Waals surface area contributed by atoms with E-state index in [4.69, 9.17) is 9.47 Å². The second-order valence-corrected chi connectivity index (χ2v) is 5.10. The van der Waals surface area contributed by atoms with Gasteiger partial charge in [-0.25, -0.2) is 0 Å². The smallest absolute Gasteiger partial charge is 0.119 e. The number of hydrogen-bond donors (Lipinski definition) is 1. The maximum Gasteiger partial charge on any atom is 0.119 e. The summed E-state index contributed by atoms with van der Waals surface area (Å²) in [7, 11) is 1.66. The maximum atomic E-state index is 5.61. The third kappa shape index (κ3) is 7.06. The van der Waals surface area contributed by atoms with Crippen molar-refractivity contribution in [3.63, 3.8) is 0 Å². The van der Waals surface area contributed by atoms with Crippen molar-refractivity contribution in [3.8, 4) is 11.5 Å². The van der Waals surface area contributed by atoms with Crippen LogP contribution in [0.4, 0.5) is 0 Å². The highest BCUT2D eigenvalue weighted by Gasteiger charge is 1.95. The van der Waals surface area contributed by atoms with E-state index >= 15 is 0 Å². The molecule has 0 spiro atoms. The van der Waals surface area contributed by atoms with Crippen molar-refractivity contribution in [2.24, 2.45) is 0 Å². The summed E-state index contributed by atoms with van der Waals surface area (Å²) < 4.78 is 12.0. The van der Waals surface area contributed by atoms with Crippen LogP contribution in [0.2, 0.25) is 0 Å². The van der Waals surface area contributed by atoms with Gasteiger partial charge >= 0.3 is 0 Å². The molecule has 0 aromatic heterocycles. The third-order valence-corrected chi connectivity index (χ3v) is 3.36. The number of hydrogen-bond acceptors (Lipinski definition) is 3. The standard InChI is InChI=1S/C14H22INO2/c1-17-13-5-7-14(8-6-13)18-12-11-16-10-4-2-3-9-15/h5-8,16H,2-4,9-12H2,1H3. The van der Waals surface area contributed by atoms with E-state index in [1.165, 1.54) is 23.7 Å². The first-order chi connectivity index (χ1) is 8.86. The van der Waals surface area contributed by atoms with Crippen LogP contribution in [-0.4, -0.2) is 31.2 Å². The second-order valence-electron chi connectivity index (χ2n) is 4.02. The van der Waals surface area contributed by atoms with E-state index in [1.807, 2.05) is 24.3 Å². The van der Waals surface area contributed by atoms with Crippen molar-refractivity contribution < 1.29 is 9.47 Å². The Bertz CT molecular complexity index is 303. The van der Waals surface area contributed by atoms with Gasteiger partial charge in [0.1, 0.15) is 18.1 Å². The minimum Gasteiger partial charge on any atom is -0.497 e. The number of unbranched alkanes of at least 4 members (excludes halogenated alkanes) is 2. The zero-order valence-electron chi connectivity index (χ0n) is 11.0. The van der Waals surface area contributed by atoms with Crippen molar-refractivity contribution in [3.05, 3.63) is 24.3 Å². The van der Waals surface area contributed by atoms with Crippen molar-refractivity contribution in [1.29, 1.82) is 0 Å². The molecule has 3 nitrogen and oxygen atoms in total. The molecule has 1 aromatic carbocycles. The molecule has 0 atom stereocenters. The molecule has 4 heteroatoms. The average Bonchev–Trinajstić information content (AvgIpc) is 2.42. The first-order valence-electron chi connectivity index (χ1n) is 6.40. The topological polar surface area (TPSA) is 30.5 Å². The van der Waals surface area contributed by atoms with Crippen LogP contribution in [0.1, 0.15) is 19.3 Å². The predicted octanol–water partition coefficient (Wildman–Crippen LogP) is 3.27. The summed E-state index contributed by atoms with van der Waals surface area (Å²) in [5, 5.41) is 3.38. The van der Waals surface area contributed by atoms with Gasteiger partial charge in [-0.2, -0.15) is 0 Å². The zero-order chi connectivity index (χ0) is 13.1. The Balaban J connectivity index is 2.00. The van der Waals surface area contributed by atoms with E-state index in [-0.39, 0.29) is 0 Å². The van der Waals surface area contributed by atoms with Crippen LogP contribution in [0.15, 0.2) is 24.3 Å². The zero-order valence-corrected chi connectivity index (χ0v) is 13.1. The van der Waals surface area contributed by atoms with Crippen molar-refractivity contribution in [1.82, 2.24) is 5.32 Å². The highest BCUT2D eigenvalue weighted by atomic mass is 127. The Morgan fingerprint density at radius 2 is 1.72 bits per heavy atom. The molecule has 0 unspecified atom stereocenters. The monoisotopic (exact) mass is 363 g/mol. The second kappa shape index (κ2) is 10.4. The molecular formula is C14H22INO2. The van der Waals surface area contributed by atoms with Gasteiger partial charge in [-0.3, -0.25) is 0 Å². The fourth-order valence-electron chi connectivity index (χ4n) is 1.56. The fourth-order valence-corrected chi connectivity index (χ4v) is 2.10. The van der Waals surface area contributed by atoms with Crippen LogP contribution >= 0.6 is 22.6 Å². The molecule has 0 aliphatic heterocycles. The van der Waals surface area contributed by atoms with Gasteiger partial charge in [0, 0.05) is 6.54 Å². The first kappa shape index (κ1) is 15.6. The molecule has 0 fully saturated rings. The highest BCUT2D eigenvalue weighted by Crippen LogP contribution is 2.16. The fraction of sp³-hybridized carbons (Fsp3) is 0.571. The summed E-state index contributed by atoms with van der Waals surface area (Å²) in [4.78, 5) is 0. The number of methoxy groups -OCH3 is 1. The van der Waals surface area contributed by atoms with Gasteiger partial charge in [0.2, 0.25) is 0 Å². The molecule has 102 valence electrons. The maximum absolute atomic E-state index is 5.61. The largest absolute Gasteiger partial charge is 0.497 e. The molecule has 1 aromatic rings. The lowest BCUT2D eigenvalue weighted by atomic mass is 10.2. The van der Waals surface area contributed by atoms with Gasteiger partial charge in [-0.05, 0) is 48.1 Å². The minimum absolute atomic E-state index is 0.707. The lowest BCUT2D eigenvalue weighted by Crippen LogP contribution is -2.22. The number of alkyl halides is 1. The van der Waals surface area contributed by atoms with E-state index in [2.05, 4.69) is 27.9 Å². The van der Waals surface area contributed by atoms with E-state index in [9.17, 15) is 0 Å². The van der Waals surface area contributed by atoms with Crippen LogP contribution < -0.4 is 14.8 Å². The normalized spacial score (nSPS) is 10.3. The third-order valence-electron chi connectivity index (χ3n) is 2.59. The first-order valence-corrected chi connectivity index (χ1v) is 7.93. The predicted molar refractivity (Wildman–Crippen MR) is 84.1 cm³/mol. The van der Waals surface area contributed by atoms with Gasteiger partial charge in [-0.15, -0.1) is 0 Å². The molecular weight excluding hydrogens is 341 g/mol. The van der Waals surface area contributed by atoms with Crippen LogP contribution in [0.3, 0.4) is 0 Å². The van der Waals surface area contributed by atoms with E-state index < -0.39 is 0 Å². The van der Waals surface area contributed by atoms with Crippen molar-refractivity contribution in [2.45, 2.75) is 19.3 Å². The summed E-state index contributed by atoms with van der Waals surface area (Å²) in [6.45, 7) is 2.69. The minimum atomic E-state index is 0.707. The number of benzene rings is 1. The van der Waals surface area contributed by atoms with Gasteiger partial charge in [0.05, 0.1) is 7.11 Å².